The van der Waals surface area contributed by atoms with Crippen molar-refractivity contribution in [2.45, 2.75) is 104 Å². The molecule has 0 atom stereocenters. The van der Waals surface area contributed by atoms with Crippen molar-refractivity contribution in [1.29, 1.82) is 0 Å². The molecule has 160 valence electrons. The fraction of sp³-hybridized carbons (Fsp3) is 1.00. The second-order valence-corrected chi connectivity index (χ2v) is 8.80. The fourth-order valence-electron chi connectivity index (χ4n) is 5.71. The molecule has 0 saturated heterocycles. The van der Waals surface area contributed by atoms with Gasteiger partial charge in [0.25, 0.3) is 0 Å². The first-order valence-electron chi connectivity index (χ1n) is 10.1. The van der Waals surface area contributed by atoms with Gasteiger partial charge in [-0.25, -0.2) is 0 Å². The van der Waals surface area contributed by atoms with E-state index in [2.05, 4.69) is 11.7 Å². The second-order valence-electron chi connectivity index (χ2n) is 8.80. The minimum Gasteiger partial charge on any atom is -0.412 e. The normalized spacial score (nSPS) is 38.8. The molecular formula is C21H43F3O2. The summed E-state index contributed by atoms with van der Waals surface area (Å²) in [5.74, 6) is 4.21. The van der Waals surface area contributed by atoms with Crippen LogP contribution in [0.4, 0.5) is 13.2 Å². The molecule has 0 spiro atoms. The Hall–Kier alpha value is -0.290. The van der Waals surface area contributed by atoms with E-state index in [1.165, 1.54) is 51.4 Å². The van der Waals surface area contributed by atoms with E-state index in [9.17, 15) is 13.2 Å². The van der Waals surface area contributed by atoms with Crippen LogP contribution in [0.1, 0.15) is 94.3 Å². The molecule has 5 heteroatoms. The lowest BCUT2D eigenvalue weighted by Crippen LogP contribution is -2.32. The Labute approximate surface area is 160 Å². The lowest BCUT2D eigenvalue weighted by molar-refractivity contribution is -0.346. The lowest BCUT2D eigenvalue weighted by atomic mass is 9.65. The van der Waals surface area contributed by atoms with E-state index in [4.69, 9.17) is 0 Å². The fourth-order valence-corrected chi connectivity index (χ4v) is 5.71. The van der Waals surface area contributed by atoms with Crippen molar-refractivity contribution in [3.63, 3.8) is 0 Å². The molecule has 3 saturated carbocycles. The monoisotopic (exact) mass is 384 g/mol. The van der Waals surface area contributed by atoms with E-state index in [1.54, 1.807) is 0 Å². The molecular weight excluding hydrogens is 341 g/mol. The molecule has 3 rings (SSSR count). The first kappa shape index (κ1) is 23.7. The molecule has 0 unspecified atom stereocenters. The highest BCUT2D eigenvalue weighted by Crippen LogP contribution is 2.45. The van der Waals surface area contributed by atoms with Crippen LogP contribution in [0.2, 0.25) is 0 Å². The van der Waals surface area contributed by atoms with Gasteiger partial charge in [0.05, 0.1) is 6.10 Å². The molecule has 0 aromatic carbocycles. The van der Waals surface area contributed by atoms with Crippen LogP contribution >= 0.6 is 0 Å². The summed E-state index contributed by atoms with van der Waals surface area (Å²) < 4.78 is 41.2. The summed E-state index contributed by atoms with van der Waals surface area (Å²) in [7, 11) is 0. The van der Waals surface area contributed by atoms with Crippen LogP contribution < -0.4 is 0 Å². The third-order valence-corrected chi connectivity index (χ3v) is 7.23. The molecule has 0 aliphatic heterocycles. The van der Waals surface area contributed by atoms with Crippen molar-refractivity contribution in [3.8, 4) is 0 Å². The van der Waals surface area contributed by atoms with E-state index in [-0.39, 0.29) is 15.8 Å². The van der Waals surface area contributed by atoms with E-state index in [1.807, 2.05) is 0 Å². The number of hydrogen-bond donors (Lipinski definition) is 0. The van der Waals surface area contributed by atoms with Crippen molar-refractivity contribution in [3.05, 3.63) is 0 Å². The lowest BCUT2D eigenvalue weighted by Gasteiger charge is -2.41. The molecule has 26 heavy (non-hydrogen) atoms. The Morgan fingerprint density at radius 3 is 1.31 bits per heavy atom. The third kappa shape index (κ3) is 6.70. The van der Waals surface area contributed by atoms with Gasteiger partial charge in [-0.3, -0.25) is 4.74 Å². The number of rotatable bonds is 3. The predicted octanol–water partition coefficient (Wildman–Crippen LogP) is 7.02. The van der Waals surface area contributed by atoms with Crippen molar-refractivity contribution < 1.29 is 26.2 Å². The van der Waals surface area contributed by atoms with Gasteiger partial charge < -0.3 is 5.48 Å². The average Bonchev–Trinajstić information content (AvgIpc) is 2.55. The van der Waals surface area contributed by atoms with Crippen molar-refractivity contribution in [2.75, 3.05) is 0 Å². The number of halogens is 3. The first-order valence-corrected chi connectivity index (χ1v) is 10.1. The van der Waals surface area contributed by atoms with Crippen molar-refractivity contribution in [2.24, 2.45) is 29.6 Å². The summed E-state index contributed by atoms with van der Waals surface area (Å²) >= 11 is 0. The van der Waals surface area contributed by atoms with Crippen LogP contribution in [-0.2, 0) is 4.74 Å². The highest BCUT2D eigenvalue weighted by molar-refractivity contribution is 4.85. The molecule has 0 amide bonds. The quantitative estimate of drug-likeness (QED) is 0.515. The smallest absolute Gasteiger partial charge is 0.412 e. The Balaban J connectivity index is 0. The number of alkyl halides is 3. The van der Waals surface area contributed by atoms with Crippen LogP contribution in [0.25, 0.3) is 0 Å². The summed E-state index contributed by atoms with van der Waals surface area (Å²) in [4.78, 5) is 0. The van der Waals surface area contributed by atoms with Gasteiger partial charge >= 0.3 is 6.36 Å². The zero-order valence-corrected chi connectivity index (χ0v) is 15.5. The highest BCUT2D eigenvalue weighted by atomic mass is 19.4. The zero-order valence-electron chi connectivity index (χ0n) is 15.5. The number of ether oxygens (including phenoxy) is 1. The largest absolute Gasteiger partial charge is 0.522 e. The van der Waals surface area contributed by atoms with Crippen LogP contribution in [0.15, 0.2) is 0 Å². The number of hydrogen-bond acceptors (Lipinski definition) is 1. The summed E-state index contributed by atoms with van der Waals surface area (Å²) in [6, 6.07) is 0. The molecule has 2 N–H and O–H groups in total. The van der Waals surface area contributed by atoms with Gasteiger partial charge in [-0.1, -0.05) is 27.2 Å². The molecule has 0 aromatic heterocycles. The standard InChI is InChI=1S/C20H33F3O.CH4.H2O.2H2/c1-14-2-4-15(5-3-14)16-6-8-17(9-7-16)18-10-12-19(13-11-18)24-20(21,22)23;;;;/h14-19H,2-13H2,1H3;1H4;1H2;2*1H. The van der Waals surface area contributed by atoms with Gasteiger partial charge in [0, 0.05) is 2.85 Å². The second kappa shape index (κ2) is 10.3. The average molecular weight is 385 g/mol. The van der Waals surface area contributed by atoms with Crippen molar-refractivity contribution in [1.82, 2.24) is 0 Å². The van der Waals surface area contributed by atoms with E-state index in [0.29, 0.717) is 18.8 Å². The van der Waals surface area contributed by atoms with Crippen LogP contribution in [-0.4, -0.2) is 17.9 Å². The van der Waals surface area contributed by atoms with Gasteiger partial charge in [-0.15, -0.1) is 13.2 Å². The Morgan fingerprint density at radius 1 is 0.654 bits per heavy atom. The van der Waals surface area contributed by atoms with E-state index >= 15 is 0 Å². The van der Waals surface area contributed by atoms with Gasteiger partial charge in [0.1, 0.15) is 0 Å². The molecule has 0 radical (unpaired) electrons. The van der Waals surface area contributed by atoms with E-state index in [0.717, 1.165) is 36.5 Å². The van der Waals surface area contributed by atoms with Gasteiger partial charge in [-0.05, 0) is 93.8 Å². The van der Waals surface area contributed by atoms with Crippen molar-refractivity contribution >= 4 is 0 Å². The SMILES string of the molecule is C.CC1CCC(C2CCC(C3CCC(OC(F)(F)F)CC3)CC2)CC1.O.[HH].[HH]. The topological polar surface area (TPSA) is 40.7 Å². The Morgan fingerprint density at radius 2 is 0.962 bits per heavy atom. The van der Waals surface area contributed by atoms with E-state index < -0.39 is 12.5 Å². The third-order valence-electron chi connectivity index (χ3n) is 7.23. The molecule has 2 nitrogen and oxygen atoms in total. The summed E-state index contributed by atoms with van der Waals surface area (Å²) in [5, 5.41) is 0. The zero-order chi connectivity index (χ0) is 17.2. The minimum atomic E-state index is -4.47. The molecule has 0 aromatic rings. The molecule has 0 bridgehead atoms. The molecule has 3 aliphatic rings. The summed E-state index contributed by atoms with van der Waals surface area (Å²) in [6.07, 6.45) is 9.00. The maximum absolute atomic E-state index is 12.3. The highest BCUT2D eigenvalue weighted by Gasteiger charge is 2.38. The molecule has 0 heterocycles. The maximum atomic E-state index is 12.3. The van der Waals surface area contributed by atoms with Crippen LogP contribution in [0.3, 0.4) is 0 Å². The van der Waals surface area contributed by atoms with Crippen LogP contribution in [0, 0.1) is 29.6 Å². The Bertz CT molecular complexity index is 386. The maximum Gasteiger partial charge on any atom is 0.522 e. The summed E-state index contributed by atoms with van der Waals surface area (Å²) in [6.45, 7) is 2.38. The molecule has 3 aliphatic carbocycles. The van der Waals surface area contributed by atoms with Gasteiger partial charge in [0.2, 0.25) is 0 Å². The Kier molecular flexibility index (Phi) is 9.42. The summed E-state index contributed by atoms with van der Waals surface area (Å²) in [5.41, 5.74) is 0. The van der Waals surface area contributed by atoms with Gasteiger partial charge in [-0.2, -0.15) is 0 Å². The predicted molar refractivity (Wildman–Crippen MR) is 104 cm³/mol. The first-order chi connectivity index (χ1) is 11.4. The van der Waals surface area contributed by atoms with Gasteiger partial charge in [0.15, 0.2) is 0 Å². The minimum absolute atomic E-state index is 0. The molecule has 3 fully saturated rings. The van der Waals surface area contributed by atoms with Crippen LogP contribution in [0.5, 0.6) is 0 Å².